The van der Waals surface area contributed by atoms with E-state index in [4.69, 9.17) is 16.8 Å². The molecule has 3 N–H and O–H groups in total. The Kier molecular flexibility index (Phi) is 4.69. The van der Waals surface area contributed by atoms with Crippen LogP contribution >= 0.6 is 11.6 Å². The second kappa shape index (κ2) is 6.32. The van der Waals surface area contributed by atoms with Gasteiger partial charge >= 0.3 is 0 Å². The Balaban J connectivity index is 2.46. The van der Waals surface area contributed by atoms with Gasteiger partial charge in [0.05, 0.1) is 10.7 Å². The summed E-state index contributed by atoms with van der Waals surface area (Å²) in [7, 11) is 0. The number of fused-ring (bicyclic) bond motifs is 1. The first-order chi connectivity index (χ1) is 9.92. The first-order valence-electron chi connectivity index (χ1n) is 6.79. The van der Waals surface area contributed by atoms with Crippen LogP contribution in [0, 0.1) is 5.92 Å². The van der Waals surface area contributed by atoms with Crippen molar-refractivity contribution in [2.24, 2.45) is 5.92 Å². The van der Waals surface area contributed by atoms with Crippen LogP contribution in [0.15, 0.2) is 18.3 Å². The predicted octanol–water partition coefficient (Wildman–Crippen LogP) is 2.49. The zero-order valence-corrected chi connectivity index (χ0v) is 13.0. The van der Waals surface area contributed by atoms with Crippen molar-refractivity contribution in [2.75, 3.05) is 5.32 Å². The van der Waals surface area contributed by atoms with Crippen molar-refractivity contribution in [3.63, 3.8) is 0 Å². The van der Waals surface area contributed by atoms with Crippen molar-refractivity contribution in [3.05, 3.63) is 29.0 Å². The number of hydrogen-bond donors (Lipinski definition) is 3. The molecular weight excluding hydrogens is 292 g/mol. The topological polar surface area (TPSA) is 78.7 Å². The van der Waals surface area contributed by atoms with Crippen molar-refractivity contribution in [3.8, 4) is 0 Å². The fourth-order valence-electron chi connectivity index (χ4n) is 2.12. The minimum atomic E-state index is -0.597. The van der Waals surface area contributed by atoms with E-state index in [1.54, 1.807) is 24.7 Å². The zero-order valence-electron chi connectivity index (χ0n) is 12.2. The summed E-state index contributed by atoms with van der Waals surface area (Å²) < 4.78 is 1.82. The maximum atomic E-state index is 11.5. The standard InChI is InChI=1S/C14H19ClN4O2/c1-8(2)6-11-13(16-9(3)14(20)18-21)19-7-10(15)4-5-12(19)17-11/h4-5,7-9,16,21H,6H2,1-3H3,(H,18,20). The van der Waals surface area contributed by atoms with Gasteiger partial charge in [-0.3, -0.25) is 14.4 Å². The first kappa shape index (κ1) is 15.6. The monoisotopic (exact) mass is 310 g/mol. The molecule has 1 amide bonds. The molecule has 0 aliphatic heterocycles. The van der Waals surface area contributed by atoms with Gasteiger partial charge in [0.25, 0.3) is 5.91 Å². The molecule has 0 saturated carbocycles. The van der Waals surface area contributed by atoms with Gasteiger partial charge in [0.1, 0.15) is 17.5 Å². The summed E-state index contributed by atoms with van der Waals surface area (Å²) in [5, 5.41) is 12.4. The van der Waals surface area contributed by atoms with Crippen molar-refractivity contribution in [2.45, 2.75) is 33.2 Å². The molecule has 6 nitrogen and oxygen atoms in total. The lowest BCUT2D eigenvalue weighted by atomic mass is 10.1. The number of carbonyl (C=O) groups excluding carboxylic acids is 1. The molecular formula is C14H19ClN4O2. The highest BCUT2D eigenvalue weighted by atomic mass is 35.5. The van der Waals surface area contributed by atoms with Crippen LogP contribution in [-0.2, 0) is 11.2 Å². The highest BCUT2D eigenvalue weighted by Crippen LogP contribution is 2.24. The summed E-state index contributed by atoms with van der Waals surface area (Å²) in [6, 6.07) is 3.00. The normalized spacial score (nSPS) is 12.7. The lowest BCUT2D eigenvalue weighted by molar-refractivity contribution is -0.129. The van der Waals surface area contributed by atoms with Gasteiger partial charge in [-0.2, -0.15) is 0 Å². The molecule has 0 aliphatic carbocycles. The van der Waals surface area contributed by atoms with E-state index in [0.29, 0.717) is 10.9 Å². The maximum Gasteiger partial charge on any atom is 0.265 e. The summed E-state index contributed by atoms with van der Waals surface area (Å²) >= 11 is 6.04. The van der Waals surface area contributed by atoms with Crippen LogP contribution in [0.5, 0.6) is 0 Å². The average Bonchev–Trinajstić information content (AvgIpc) is 2.74. The molecule has 2 heterocycles. The van der Waals surface area contributed by atoms with E-state index >= 15 is 0 Å². The van der Waals surface area contributed by atoms with E-state index in [0.717, 1.165) is 23.6 Å². The van der Waals surface area contributed by atoms with Crippen LogP contribution in [0.1, 0.15) is 26.5 Å². The minimum absolute atomic E-state index is 0.424. The second-order valence-electron chi connectivity index (χ2n) is 5.42. The summed E-state index contributed by atoms with van der Waals surface area (Å²) in [6.07, 6.45) is 2.52. The van der Waals surface area contributed by atoms with Crippen LogP contribution in [0.4, 0.5) is 5.82 Å². The number of imidazole rings is 1. The van der Waals surface area contributed by atoms with Gasteiger partial charge in [-0.05, 0) is 31.4 Å². The van der Waals surface area contributed by atoms with E-state index in [9.17, 15) is 4.79 Å². The number of carbonyl (C=O) groups is 1. The Labute approximate surface area is 128 Å². The molecule has 0 aliphatic rings. The number of amides is 1. The third-order valence-corrected chi connectivity index (χ3v) is 3.34. The van der Waals surface area contributed by atoms with Gasteiger partial charge in [0, 0.05) is 6.20 Å². The molecule has 0 spiro atoms. The Morgan fingerprint density at radius 2 is 2.14 bits per heavy atom. The maximum absolute atomic E-state index is 11.5. The van der Waals surface area contributed by atoms with E-state index in [1.165, 1.54) is 0 Å². The van der Waals surface area contributed by atoms with Crippen LogP contribution in [-0.4, -0.2) is 26.5 Å². The number of nitrogens with one attached hydrogen (secondary N) is 2. The van der Waals surface area contributed by atoms with Crippen LogP contribution in [0.3, 0.4) is 0 Å². The van der Waals surface area contributed by atoms with Gasteiger partial charge < -0.3 is 5.32 Å². The van der Waals surface area contributed by atoms with Gasteiger partial charge in [0.2, 0.25) is 0 Å². The largest absolute Gasteiger partial charge is 0.358 e. The van der Waals surface area contributed by atoms with Crippen LogP contribution in [0.2, 0.25) is 5.02 Å². The fourth-order valence-corrected chi connectivity index (χ4v) is 2.28. The molecule has 0 aromatic carbocycles. The number of rotatable bonds is 5. The highest BCUT2D eigenvalue weighted by molar-refractivity contribution is 6.30. The third-order valence-electron chi connectivity index (χ3n) is 3.11. The molecule has 114 valence electrons. The molecule has 1 atom stereocenters. The van der Waals surface area contributed by atoms with Crippen molar-refractivity contribution in [1.29, 1.82) is 0 Å². The van der Waals surface area contributed by atoms with Crippen LogP contribution < -0.4 is 10.8 Å². The summed E-state index contributed by atoms with van der Waals surface area (Å²) in [5.74, 6) is 0.632. The Morgan fingerprint density at radius 3 is 2.76 bits per heavy atom. The van der Waals surface area contributed by atoms with Crippen molar-refractivity contribution < 1.29 is 10.0 Å². The van der Waals surface area contributed by atoms with E-state index in [-0.39, 0.29) is 0 Å². The zero-order chi connectivity index (χ0) is 15.6. The number of hydroxylamine groups is 1. The smallest absolute Gasteiger partial charge is 0.265 e. The summed E-state index contributed by atoms with van der Waals surface area (Å²) in [6.45, 7) is 5.86. The first-order valence-corrected chi connectivity index (χ1v) is 7.17. The molecule has 0 radical (unpaired) electrons. The number of aromatic nitrogens is 2. The molecule has 7 heteroatoms. The average molecular weight is 311 g/mol. The number of halogens is 1. The van der Waals surface area contributed by atoms with Gasteiger partial charge in [-0.25, -0.2) is 10.5 Å². The third kappa shape index (κ3) is 3.46. The molecule has 21 heavy (non-hydrogen) atoms. The number of nitrogens with zero attached hydrogens (tertiary/aromatic N) is 2. The molecule has 2 rings (SSSR count). The van der Waals surface area contributed by atoms with Gasteiger partial charge in [0.15, 0.2) is 0 Å². The molecule has 0 bridgehead atoms. The van der Waals surface area contributed by atoms with Gasteiger partial charge in [-0.15, -0.1) is 0 Å². The molecule has 1 unspecified atom stereocenters. The van der Waals surface area contributed by atoms with Gasteiger partial charge in [-0.1, -0.05) is 25.4 Å². The van der Waals surface area contributed by atoms with Crippen LogP contribution in [0.25, 0.3) is 5.65 Å². The Bertz CT molecular complexity index is 654. The van der Waals surface area contributed by atoms with E-state index < -0.39 is 11.9 Å². The van der Waals surface area contributed by atoms with Crippen molar-refractivity contribution in [1.82, 2.24) is 14.9 Å². The Hall–Kier alpha value is -1.79. The summed E-state index contributed by atoms with van der Waals surface area (Å²) in [5.41, 5.74) is 3.26. The summed E-state index contributed by atoms with van der Waals surface area (Å²) in [4.78, 5) is 16.1. The molecule has 0 fully saturated rings. The van der Waals surface area contributed by atoms with Crippen molar-refractivity contribution >= 4 is 29.0 Å². The lowest BCUT2D eigenvalue weighted by Gasteiger charge is -2.15. The molecule has 0 saturated heterocycles. The number of hydrogen-bond acceptors (Lipinski definition) is 4. The quantitative estimate of drug-likeness (QED) is 0.585. The highest BCUT2D eigenvalue weighted by Gasteiger charge is 2.18. The fraction of sp³-hybridized carbons (Fsp3) is 0.429. The Morgan fingerprint density at radius 1 is 1.43 bits per heavy atom. The lowest BCUT2D eigenvalue weighted by Crippen LogP contribution is -2.36. The SMILES string of the molecule is CC(C)Cc1nc2ccc(Cl)cn2c1NC(C)C(=O)NO. The second-order valence-corrected chi connectivity index (χ2v) is 5.86. The minimum Gasteiger partial charge on any atom is -0.358 e. The number of pyridine rings is 1. The molecule has 2 aromatic rings. The molecule has 2 aromatic heterocycles. The number of anilines is 1. The predicted molar refractivity (Wildman–Crippen MR) is 81.8 cm³/mol. The van der Waals surface area contributed by atoms with E-state index in [2.05, 4.69) is 24.1 Å². The van der Waals surface area contributed by atoms with E-state index in [1.807, 2.05) is 10.5 Å².